The predicted molar refractivity (Wildman–Crippen MR) is 36.9 cm³/mol. The van der Waals surface area contributed by atoms with Gasteiger partial charge >= 0.3 is 6.36 Å². The Bertz CT molecular complexity index is 190. The fraction of sp³-hybridized carbons (Fsp3) is 0.833. The van der Waals surface area contributed by atoms with Crippen molar-refractivity contribution in [1.82, 2.24) is 4.90 Å². The molecule has 0 aromatic carbocycles. The molecule has 0 spiro atoms. The second-order valence-corrected chi connectivity index (χ2v) is 2.56. The van der Waals surface area contributed by atoms with Gasteiger partial charge in [-0.1, -0.05) is 0 Å². The Hall–Kier alpha value is -0.780. The van der Waals surface area contributed by atoms with E-state index in [9.17, 15) is 13.2 Å². The van der Waals surface area contributed by atoms with Gasteiger partial charge in [0.2, 0.25) is 5.90 Å². The molecule has 70 valence electrons. The maximum absolute atomic E-state index is 11.6. The standard InChI is InChI=1S/C6H9F3N2O/c1-11-3-2-10-5(4-11)12-6(7,8)9/h2-4H2,1H3. The maximum atomic E-state index is 11.6. The van der Waals surface area contributed by atoms with Crippen LogP contribution in [0.3, 0.4) is 0 Å². The molecule has 0 fully saturated rings. The number of aliphatic imine (C=N–C) groups is 1. The van der Waals surface area contributed by atoms with E-state index in [1.807, 2.05) is 0 Å². The molecule has 0 atom stereocenters. The molecule has 1 aliphatic rings. The third-order valence-corrected chi connectivity index (χ3v) is 1.41. The Labute approximate surface area is 67.8 Å². The summed E-state index contributed by atoms with van der Waals surface area (Å²) in [5, 5.41) is 0. The van der Waals surface area contributed by atoms with Crippen molar-refractivity contribution in [3.8, 4) is 0 Å². The summed E-state index contributed by atoms with van der Waals surface area (Å²) in [6.45, 7) is 1.16. The first kappa shape index (κ1) is 9.31. The van der Waals surface area contributed by atoms with Crippen LogP contribution in [0.15, 0.2) is 4.99 Å². The minimum absolute atomic E-state index is 0.125. The molecule has 0 aliphatic carbocycles. The lowest BCUT2D eigenvalue weighted by Crippen LogP contribution is -2.36. The van der Waals surface area contributed by atoms with Crippen LogP contribution in [0, 0.1) is 0 Å². The number of halogens is 3. The molecular weight excluding hydrogens is 173 g/mol. The zero-order valence-corrected chi connectivity index (χ0v) is 6.56. The van der Waals surface area contributed by atoms with Crippen molar-refractivity contribution >= 4 is 5.90 Å². The summed E-state index contributed by atoms with van der Waals surface area (Å²) in [5.41, 5.74) is 0. The van der Waals surface area contributed by atoms with E-state index >= 15 is 0 Å². The zero-order valence-electron chi connectivity index (χ0n) is 6.56. The molecule has 1 rings (SSSR count). The lowest BCUT2D eigenvalue weighted by molar-refractivity contribution is -0.284. The lowest BCUT2D eigenvalue weighted by atomic mass is 10.4. The minimum Gasteiger partial charge on any atom is -0.391 e. The average Bonchev–Trinajstić information content (AvgIpc) is 1.82. The SMILES string of the molecule is CN1CCN=C(OC(F)(F)F)C1. The van der Waals surface area contributed by atoms with Gasteiger partial charge in [-0.3, -0.25) is 9.89 Å². The van der Waals surface area contributed by atoms with Gasteiger partial charge in [-0.15, -0.1) is 13.2 Å². The van der Waals surface area contributed by atoms with E-state index in [0.717, 1.165) is 0 Å². The number of rotatable bonds is 0. The van der Waals surface area contributed by atoms with Gasteiger partial charge in [0.1, 0.15) is 0 Å². The van der Waals surface area contributed by atoms with Crippen LogP contribution in [-0.2, 0) is 4.74 Å². The summed E-state index contributed by atoms with van der Waals surface area (Å²) in [6.07, 6.45) is -4.61. The highest BCUT2D eigenvalue weighted by Gasteiger charge is 2.33. The molecule has 12 heavy (non-hydrogen) atoms. The highest BCUT2D eigenvalue weighted by atomic mass is 19.4. The molecule has 0 N–H and O–H groups in total. The number of likely N-dealkylation sites (N-methyl/N-ethyl adjacent to an activating group) is 1. The van der Waals surface area contributed by atoms with Gasteiger partial charge in [0.05, 0.1) is 13.1 Å². The maximum Gasteiger partial charge on any atom is 0.574 e. The lowest BCUT2D eigenvalue weighted by Gasteiger charge is -2.22. The second kappa shape index (κ2) is 3.30. The van der Waals surface area contributed by atoms with Gasteiger partial charge in [-0.25, -0.2) is 0 Å². The van der Waals surface area contributed by atoms with E-state index in [4.69, 9.17) is 0 Å². The largest absolute Gasteiger partial charge is 0.574 e. The summed E-state index contributed by atoms with van der Waals surface area (Å²) in [4.78, 5) is 5.31. The monoisotopic (exact) mass is 182 g/mol. The number of nitrogens with zero attached hydrogens (tertiary/aromatic N) is 2. The Morgan fingerprint density at radius 1 is 1.50 bits per heavy atom. The van der Waals surface area contributed by atoms with E-state index in [-0.39, 0.29) is 12.4 Å². The molecule has 0 amide bonds. The summed E-state index contributed by atoms with van der Waals surface area (Å²) in [5.74, 6) is -0.253. The molecule has 6 heteroatoms. The number of hydrogen-bond acceptors (Lipinski definition) is 3. The average molecular weight is 182 g/mol. The van der Waals surface area contributed by atoms with Crippen LogP contribution in [0.2, 0.25) is 0 Å². The topological polar surface area (TPSA) is 24.8 Å². The van der Waals surface area contributed by atoms with Gasteiger partial charge in [-0.2, -0.15) is 0 Å². The first-order chi connectivity index (χ1) is 5.47. The van der Waals surface area contributed by atoms with Crippen LogP contribution >= 0.6 is 0 Å². The van der Waals surface area contributed by atoms with Crippen LogP contribution in [0.1, 0.15) is 0 Å². The molecule has 0 bridgehead atoms. The van der Waals surface area contributed by atoms with Gasteiger partial charge in [0.15, 0.2) is 0 Å². The number of alkyl halides is 3. The highest BCUT2D eigenvalue weighted by Crippen LogP contribution is 2.17. The van der Waals surface area contributed by atoms with Crippen LogP contribution in [0.5, 0.6) is 0 Å². The highest BCUT2D eigenvalue weighted by molar-refractivity contribution is 5.78. The van der Waals surface area contributed by atoms with Crippen molar-refractivity contribution in [3.05, 3.63) is 0 Å². The van der Waals surface area contributed by atoms with Gasteiger partial charge < -0.3 is 4.74 Å². The van der Waals surface area contributed by atoms with Gasteiger partial charge in [0, 0.05) is 6.54 Å². The quantitative estimate of drug-likeness (QED) is 0.555. The van der Waals surface area contributed by atoms with Crippen molar-refractivity contribution in [1.29, 1.82) is 0 Å². The molecule has 3 nitrogen and oxygen atoms in total. The summed E-state index contributed by atoms with van der Waals surface area (Å²) < 4.78 is 38.6. The Morgan fingerprint density at radius 2 is 2.17 bits per heavy atom. The smallest absolute Gasteiger partial charge is 0.391 e. The number of hydrogen-bond donors (Lipinski definition) is 0. The van der Waals surface area contributed by atoms with Crippen LogP contribution in [0.4, 0.5) is 13.2 Å². The van der Waals surface area contributed by atoms with Gasteiger partial charge in [0.25, 0.3) is 0 Å². The molecule has 1 aliphatic heterocycles. The summed E-state index contributed by atoms with van der Waals surface area (Å²) in [6, 6.07) is 0. The Kier molecular flexibility index (Phi) is 2.56. The Balaban J connectivity index is 2.47. The zero-order chi connectivity index (χ0) is 9.19. The van der Waals surface area contributed by atoms with Crippen molar-refractivity contribution < 1.29 is 17.9 Å². The van der Waals surface area contributed by atoms with Crippen LogP contribution in [-0.4, -0.2) is 43.8 Å². The molecule has 0 aromatic heterocycles. The van der Waals surface area contributed by atoms with Crippen molar-refractivity contribution in [2.45, 2.75) is 6.36 Å². The van der Waals surface area contributed by atoms with Crippen LogP contribution < -0.4 is 0 Å². The molecule has 0 saturated carbocycles. The fourth-order valence-electron chi connectivity index (χ4n) is 0.904. The predicted octanol–water partition coefficient (Wildman–Crippen LogP) is 0.867. The fourth-order valence-corrected chi connectivity index (χ4v) is 0.904. The molecular formula is C6H9F3N2O. The summed E-state index contributed by atoms with van der Waals surface area (Å²) in [7, 11) is 1.72. The molecule has 0 unspecified atom stereocenters. The van der Waals surface area contributed by atoms with E-state index in [0.29, 0.717) is 13.1 Å². The number of ether oxygens (including phenoxy) is 1. The van der Waals surface area contributed by atoms with E-state index in [2.05, 4.69) is 9.73 Å². The van der Waals surface area contributed by atoms with Crippen molar-refractivity contribution in [2.24, 2.45) is 4.99 Å². The van der Waals surface area contributed by atoms with Gasteiger partial charge in [-0.05, 0) is 7.05 Å². The Morgan fingerprint density at radius 3 is 2.67 bits per heavy atom. The van der Waals surface area contributed by atoms with Crippen molar-refractivity contribution in [2.75, 3.05) is 26.7 Å². The first-order valence-electron chi connectivity index (χ1n) is 3.45. The molecule has 0 saturated heterocycles. The molecule has 0 radical (unpaired) electrons. The van der Waals surface area contributed by atoms with E-state index in [1.54, 1.807) is 11.9 Å². The third-order valence-electron chi connectivity index (χ3n) is 1.41. The first-order valence-corrected chi connectivity index (χ1v) is 3.45. The molecule has 0 aromatic rings. The van der Waals surface area contributed by atoms with E-state index in [1.165, 1.54) is 0 Å². The van der Waals surface area contributed by atoms with Crippen molar-refractivity contribution in [3.63, 3.8) is 0 Å². The second-order valence-electron chi connectivity index (χ2n) is 2.56. The van der Waals surface area contributed by atoms with E-state index < -0.39 is 6.36 Å². The minimum atomic E-state index is -4.61. The van der Waals surface area contributed by atoms with Crippen LogP contribution in [0.25, 0.3) is 0 Å². The third kappa shape index (κ3) is 3.08. The summed E-state index contributed by atoms with van der Waals surface area (Å²) >= 11 is 0. The normalized spacial score (nSPS) is 20.5. The molecule has 1 heterocycles.